The third-order valence-corrected chi connectivity index (χ3v) is 8.67. The number of ether oxygens (including phenoxy) is 2. The van der Waals surface area contributed by atoms with Crippen molar-refractivity contribution < 1.29 is 22.7 Å². The Hall–Kier alpha value is -2.04. The molecule has 2 fully saturated rings. The summed E-state index contributed by atoms with van der Waals surface area (Å²) in [6, 6.07) is 12.3. The largest absolute Gasteiger partial charge is 0.454 e. The van der Waals surface area contributed by atoms with Crippen molar-refractivity contribution in [1.29, 1.82) is 0 Å². The first-order valence-electron chi connectivity index (χ1n) is 8.84. The molecule has 150 valence electrons. The van der Waals surface area contributed by atoms with Gasteiger partial charge in [-0.3, -0.25) is 4.79 Å². The van der Waals surface area contributed by atoms with Gasteiger partial charge in [-0.2, -0.15) is 4.99 Å². The van der Waals surface area contributed by atoms with E-state index in [9.17, 15) is 13.2 Å². The minimum Gasteiger partial charge on any atom is -0.454 e. The number of halogens is 1. The van der Waals surface area contributed by atoms with Crippen LogP contribution in [0.25, 0.3) is 0 Å². The molecule has 2 saturated heterocycles. The van der Waals surface area contributed by atoms with Crippen molar-refractivity contribution in [2.75, 3.05) is 23.2 Å². The molecule has 3 heterocycles. The fraction of sp³-hybridized carbons (Fsp3) is 0.263. The fourth-order valence-corrected chi connectivity index (χ4v) is 7.97. The maximum atomic E-state index is 12.8. The van der Waals surface area contributed by atoms with Gasteiger partial charge in [0.05, 0.1) is 17.5 Å². The average molecular weight is 495 g/mol. The lowest BCUT2D eigenvalue weighted by Gasteiger charge is -2.24. The third kappa shape index (κ3) is 3.53. The van der Waals surface area contributed by atoms with E-state index in [1.54, 1.807) is 18.2 Å². The minimum absolute atomic E-state index is 0.0500. The Bertz CT molecular complexity index is 1150. The van der Waals surface area contributed by atoms with E-state index in [-0.39, 0.29) is 29.6 Å². The summed E-state index contributed by atoms with van der Waals surface area (Å²) in [5.74, 6) is 0.842. The Labute approximate surface area is 180 Å². The number of sulfone groups is 1. The van der Waals surface area contributed by atoms with Crippen molar-refractivity contribution >= 4 is 54.3 Å². The molecule has 7 nitrogen and oxygen atoms in total. The lowest BCUT2D eigenvalue weighted by Crippen LogP contribution is -2.37. The molecule has 0 aliphatic carbocycles. The summed E-state index contributed by atoms with van der Waals surface area (Å²) < 4.78 is 35.8. The molecular formula is C19H15BrN2O5S2. The summed E-state index contributed by atoms with van der Waals surface area (Å²) in [5, 5.41) is 0.359. The first-order chi connectivity index (χ1) is 13.9. The molecule has 29 heavy (non-hydrogen) atoms. The molecule has 3 aliphatic heterocycles. The number of amides is 1. The molecular weight excluding hydrogens is 480 g/mol. The molecule has 2 aromatic carbocycles. The van der Waals surface area contributed by atoms with Crippen molar-refractivity contribution in [2.45, 2.75) is 11.3 Å². The number of thioether (sulfide) groups is 1. The summed E-state index contributed by atoms with van der Waals surface area (Å²) >= 11 is 4.80. The van der Waals surface area contributed by atoms with Crippen molar-refractivity contribution in [2.24, 2.45) is 4.99 Å². The summed E-state index contributed by atoms with van der Waals surface area (Å²) in [7, 11) is -3.11. The SMILES string of the molecule is O=C(N=C1S[C@H]2CS(=O)(=O)C[C@@H]2N1c1cccc(Br)c1)c1ccc2c(c1)OCO2. The van der Waals surface area contributed by atoms with Crippen LogP contribution in [0.15, 0.2) is 51.9 Å². The van der Waals surface area contributed by atoms with E-state index in [4.69, 9.17) is 9.47 Å². The summed E-state index contributed by atoms with van der Waals surface area (Å²) in [6.45, 7) is 0.131. The fourth-order valence-electron chi connectivity index (χ4n) is 3.67. The maximum absolute atomic E-state index is 12.8. The van der Waals surface area contributed by atoms with E-state index < -0.39 is 15.7 Å². The van der Waals surface area contributed by atoms with Crippen LogP contribution in [0.5, 0.6) is 11.5 Å². The highest BCUT2D eigenvalue weighted by Gasteiger charge is 2.49. The Morgan fingerprint density at radius 2 is 1.97 bits per heavy atom. The molecule has 0 unspecified atom stereocenters. The van der Waals surface area contributed by atoms with Gasteiger partial charge >= 0.3 is 0 Å². The Balaban J connectivity index is 1.51. The average Bonchev–Trinajstić information content (AvgIpc) is 3.32. The van der Waals surface area contributed by atoms with Gasteiger partial charge in [0.25, 0.3) is 5.91 Å². The zero-order chi connectivity index (χ0) is 20.2. The Morgan fingerprint density at radius 1 is 1.14 bits per heavy atom. The van der Waals surface area contributed by atoms with Gasteiger partial charge in [0.1, 0.15) is 0 Å². The first-order valence-corrected chi connectivity index (χ1v) is 12.3. The topological polar surface area (TPSA) is 85.3 Å². The second-order valence-electron chi connectivity index (χ2n) is 6.92. The van der Waals surface area contributed by atoms with Gasteiger partial charge in [-0.05, 0) is 36.4 Å². The Kier molecular flexibility index (Phi) is 4.60. The summed E-state index contributed by atoms with van der Waals surface area (Å²) in [6.07, 6.45) is 0. The standard InChI is InChI=1S/C19H15BrN2O5S2/c20-12-2-1-3-13(7-12)22-14-8-29(24,25)9-17(14)28-19(22)21-18(23)11-4-5-15-16(6-11)27-10-26-15/h1-7,14,17H,8-10H2/t14-,17-/m0/s1. The van der Waals surface area contributed by atoms with E-state index in [1.807, 2.05) is 29.2 Å². The number of nitrogens with zero attached hydrogens (tertiary/aromatic N) is 2. The van der Waals surface area contributed by atoms with Gasteiger partial charge in [0.15, 0.2) is 26.5 Å². The van der Waals surface area contributed by atoms with Crippen molar-refractivity contribution in [3.63, 3.8) is 0 Å². The van der Waals surface area contributed by atoms with Gasteiger partial charge in [-0.15, -0.1) is 0 Å². The molecule has 0 N–H and O–H groups in total. The maximum Gasteiger partial charge on any atom is 0.279 e. The molecule has 3 aliphatic rings. The summed E-state index contributed by atoms with van der Waals surface area (Å²) in [5.41, 5.74) is 1.19. The lowest BCUT2D eigenvalue weighted by molar-refractivity contribution is 0.100. The van der Waals surface area contributed by atoms with Gasteiger partial charge in [0.2, 0.25) is 6.79 Å². The number of hydrogen-bond donors (Lipinski definition) is 0. The van der Waals surface area contributed by atoms with Crippen LogP contribution in [0.3, 0.4) is 0 Å². The van der Waals surface area contributed by atoms with Crippen LogP contribution in [-0.2, 0) is 9.84 Å². The first kappa shape index (κ1) is 19.0. The molecule has 0 radical (unpaired) electrons. The molecule has 2 aromatic rings. The zero-order valence-electron chi connectivity index (χ0n) is 14.9. The van der Waals surface area contributed by atoms with Crippen LogP contribution in [0, 0.1) is 0 Å². The minimum atomic E-state index is -3.11. The van der Waals surface area contributed by atoms with E-state index in [2.05, 4.69) is 20.9 Å². The normalized spacial score (nSPS) is 25.4. The highest BCUT2D eigenvalue weighted by atomic mass is 79.9. The Morgan fingerprint density at radius 3 is 2.79 bits per heavy atom. The van der Waals surface area contributed by atoms with Crippen LogP contribution in [0.4, 0.5) is 5.69 Å². The number of fused-ring (bicyclic) bond motifs is 2. The molecule has 5 rings (SSSR count). The van der Waals surface area contributed by atoms with Crippen LogP contribution in [0.2, 0.25) is 0 Å². The predicted octanol–water partition coefficient (Wildman–Crippen LogP) is 3.09. The van der Waals surface area contributed by atoms with Crippen LogP contribution >= 0.6 is 27.7 Å². The molecule has 0 saturated carbocycles. The van der Waals surface area contributed by atoms with Crippen molar-refractivity contribution in [3.8, 4) is 11.5 Å². The van der Waals surface area contributed by atoms with Gasteiger partial charge in [-0.25, -0.2) is 8.42 Å². The smallest absolute Gasteiger partial charge is 0.279 e. The van der Waals surface area contributed by atoms with Gasteiger partial charge in [0, 0.05) is 21.0 Å². The second kappa shape index (κ2) is 7.03. The van der Waals surface area contributed by atoms with Crippen LogP contribution in [0.1, 0.15) is 10.4 Å². The highest BCUT2D eigenvalue weighted by molar-refractivity contribution is 9.10. The van der Waals surface area contributed by atoms with Crippen LogP contribution in [-0.4, -0.2) is 49.1 Å². The highest BCUT2D eigenvalue weighted by Crippen LogP contribution is 2.41. The number of rotatable bonds is 2. The molecule has 0 spiro atoms. The lowest BCUT2D eigenvalue weighted by atomic mass is 10.2. The number of anilines is 1. The second-order valence-corrected chi connectivity index (χ2v) is 11.2. The predicted molar refractivity (Wildman–Crippen MR) is 115 cm³/mol. The number of benzene rings is 2. The van der Waals surface area contributed by atoms with Crippen molar-refractivity contribution in [3.05, 3.63) is 52.5 Å². The number of aliphatic imine (C=N–C) groups is 1. The zero-order valence-corrected chi connectivity index (χ0v) is 18.2. The number of hydrogen-bond acceptors (Lipinski definition) is 6. The quantitative estimate of drug-likeness (QED) is 0.633. The molecule has 1 amide bonds. The van der Waals surface area contributed by atoms with E-state index in [0.29, 0.717) is 22.2 Å². The molecule has 10 heteroatoms. The number of carbonyl (C=O) groups is 1. The molecule has 2 atom stereocenters. The molecule has 0 bridgehead atoms. The number of carbonyl (C=O) groups excluding carboxylic acids is 1. The number of amidine groups is 1. The van der Waals surface area contributed by atoms with Gasteiger partial charge in [-0.1, -0.05) is 33.8 Å². The summed E-state index contributed by atoms with van der Waals surface area (Å²) in [4.78, 5) is 19.1. The van der Waals surface area contributed by atoms with Gasteiger partial charge < -0.3 is 14.4 Å². The van der Waals surface area contributed by atoms with E-state index >= 15 is 0 Å². The monoisotopic (exact) mass is 494 g/mol. The van der Waals surface area contributed by atoms with Crippen molar-refractivity contribution in [1.82, 2.24) is 0 Å². The van der Waals surface area contributed by atoms with Crippen LogP contribution < -0.4 is 14.4 Å². The molecule has 0 aromatic heterocycles. The van der Waals surface area contributed by atoms with E-state index in [1.165, 1.54) is 11.8 Å². The van der Waals surface area contributed by atoms with E-state index in [0.717, 1.165) is 10.2 Å². The third-order valence-electron chi connectivity index (χ3n) is 4.97.